The van der Waals surface area contributed by atoms with Crippen molar-refractivity contribution in [1.82, 2.24) is 90.5 Å². The van der Waals surface area contributed by atoms with Crippen molar-refractivity contribution in [2.75, 3.05) is 77.4 Å². The Morgan fingerprint density at radius 1 is 0.383 bits per heavy atom. The van der Waals surface area contributed by atoms with E-state index in [1.54, 1.807) is 83.5 Å². The highest BCUT2D eigenvalue weighted by Gasteiger charge is 2.32. The number of hydrogen-bond acceptors (Lipinski definition) is 16. The molecule has 16 aromatic rings. The van der Waals surface area contributed by atoms with Gasteiger partial charge in [0.15, 0.2) is 34.4 Å². The third-order valence-corrected chi connectivity index (χ3v) is 22.6. The maximum Gasteiger partial charge on any atom is 0.258 e. The van der Waals surface area contributed by atoms with Gasteiger partial charge in [0.25, 0.3) is 22.2 Å². The van der Waals surface area contributed by atoms with Gasteiger partial charge in [-0.1, -0.05) is 12.1 Å². The first-order chi connectivity index (χ1) is 55.8. The minimum absolute atomic E-state index is 0.00623. The van der Waals surface area contributed by atoms with Crippen LogP contribution < -0.4 is 37.8 Å². The Labute approximate surface area is 657 Å². The first-order valence-electron chi connectivity index (χ1n) is 39.2. The largest absolute Gasteiger partial charge is 0.368 e. The molecular weight excluding hydrogens is 1460 g/mol. The molecule has 0 bridgehead atoms. The van der Waals surface area contributed by atoms with E-state index in [9.17, 15) is 32.3 Å². The van der Waals surface area contributed by atoms with E-state index >= 15 is 0 Å². The quantitative estimate of drug-likeness (QED) is 0.137. The lowest BCUT2D eigenvalue weighted by molar-refractivity contribution is 0.248. The number of imidazole rings is 3. The second-order valence-electron chi connectivity index (χ2n) is 30.9. The molecule has 4 aliphatic heterocycles. The van der Waals surface area contributed by atoms with Crippen molar-refractivity contribution < 1.29 is 13.2 Å². The third kappa shape index (κ3) is 15.4. The lowest BCUT2D eigenvalue weighted by Crippen LogP contribution is -2.47. The van der Waals surface area contributed by atoms with Crippen molar-refractivity contribution in [3.05, 3.63) is 288 Å². The van der Waals surface area contributed by atoms with Gasteiger partial charge in [0.2, 0.25) is 0 Å². The fourth-order valence-corrected chi connectivity index (χ4v) is 16.3. The molecule has 24 nitrogen and oxygen atoms in total. The van der Waals surface area contributed by atoms with E-state index in [0.717, 1.165) is 177 Å². The van der Waals surface area contributed by atoms with Gasteiger partial charge in [-0.2, -0.15) is 0 Å². The Kier molecular flexibility index (Phi) is 19.8. The molecule has 0 radical (unpaired) electrons. The molecule has 115 heavy (non-hydrogen) atoms. The van der Waals surface area contributed by atoms with Crippen LogP contribution in [0.15, 0.2) is 209 Å². The smallest absolute Gasteiger partial charge is 0.258 e. The van der Waals surface area contributed by atoms with Crippen LogP contribution in [0.4, 0.5) is 18.9 Å². The Morgan fingerprint density at radius 2 is 0.809 bits per heavy atom. The average molecular weight is 1540 g/mol. The topological polar surface area (TPSA) is 228 Å². The molecule has 0 spiro atoms. The number of anilines is 1. The molecule has 4 fully saturated rings. The van der Waals surface area contributed by atoms with Crippen molar-refractivity contribution in [1.29, 1.82) is 0 Å². The molecule has 16 aromatic heterocycles. The van der Waals surface area contributed by atoms with Crippen molar-refractivity contribution in [2.24, 2.45) is 0 Å². The van der Waals surface area contributed by atoms with Crippen LogP contribution in [0.2, 0.25) is 0 Å². The maximum atomic E-state index is 14.5. The van der Waals surface area contributed by atoms with E-state index in [0.29, 0.717) is 62.5 Å². The predicted molar refractivity (Wildman–Crippen MR) is 440 cm³/mol. The molecule has 27 heteroatoms. The average Bonchev–Trinajstić information content (AvgIpc) is 1.24. The van der Waals surface area contributed by atoms with Gasteiger partial charge in [-0.3, -0.25) is 41.7 Å². The molecule has 3 saturated heterocycles. The lowest BCUT2D eigenvalue weighted by atomic mass is 9.94. The fraction of sp³-hybridized carbons (Fsp3) is 0.284. The summed E-state index contributed by atoms with van der Waals surface area (Å²) in [5, 5.41) is 6.70. The zero-order valence-corrected chi connectivity index (χ0v) is 64.5. The van der Waals surface area contributed by atoms with Crippen molar-refractivity contribution in [2.45, 2.75) is 90.5 Å². The summed E-state index contributed by atoms with van der Waals surface area (Å²) >= 11 is 0. The van der Waals surface area contributed by atoms with Crippen LogP contribution in [-0.2, 0) is 0 Å². The number of likely N-dealkylation sites (N-methyl/N-ethyl adjacent to an activating group) is 1. The molecular formula is C88H85F3N20O4. The van der Waals surface area contributed by atoms with Crippen LogP contribution in [0, 0.1) is 45.1 Å². The summed E-state index contributed by atoms with van der Waals surface area (Å²) in [6.45, 7) is 17.3. The Hall–Kier alpha value is -12.6. The number of fused-ring (bicyclic) bond motifs is 8. The predicted octanol–water partition coefficient (Wildman–Crippen LogP) is 12.2. The number of aryl methyl sites for hydroxylation is 4. The number of nitrogens with one attached hydrogen (secondary N) is 2. The zero-order chi connectivity index (χ0) is 78.9. The van der Waals surface area contributed by atoms with E-state index in [-0.39, 0.29) is 27.9 Å². The Balaban J connectivity index is 0.000000106. The summed E-state index contributed by atoms with van der Waals surface area (Å²) in [7, 11) is 2.07. The third-order valence-electron chi connectivity index (χ3n) is 22.6. The number of aromatic nitrogens is 15. The number of pyridine rings is 8. The Bertz CT molecular complexity index is 6780. The standard InChI is InChI=1S/C23H23FN6O.C22H20FN5O.C22H22N4O.C21H20FN5O/c1-15-12-29-13-16(10-19(24)23(29)25-15)20-11-22(31)30-14-18(4-5-21(30)26-20)28-8-6-27(7-9-28)17-2-3-17;1-14-11-27-12-17(9-18(23)22(27)24-14)16-3-4-20-25-19(10-21(29)28(20)13-16)15-5-7-26(2)8-6-15;1-15-10-19-4-2-17(13-25(19)12-15)18-3-5-21-24-20(11-22(27)26(21)14-18)16-6-8-23-9-7-16;1-13-10-26-11-16(8-17(22)21(26)24-13)15-2-3-19-25-18(9-20(28)27(19)12-15)14-4-6-23-7-5-14/h4-5,10-14,17H,2-3,6-9H2,1H3;3-5,9-13H,6-8H2,1-2H3;2-5,10-14,16,23H,6-9H2,1H3;2-3,8-12,14,23H,4-7H2,1H3. The molecule has 2 N–H and O–H groups in total. The van der Waals surface area contributed by atoms with Crippen LogP contribution in [-0.4, -0.2) is 158 Å². The second-order valence-corrected chi connectivity index (χ2v) is 30.9. The van der Waals surface area contributed by atoms with Crippen LogP contribution in [0.5, 0.6) is 0 Å². The SMILES string of the molecule is Cc1cc2ccc(-c3ccc4nc(C5CCNCC5)cc(=O)n4c3)cn2c1.Cc1cn2cc(-c3cc(=O)n4cc(N5CCN(C6CC6)CC5)ccc4n3)cc(F)c2n1.Cc1cn2cc(-c3ccc4nc(C5=CCN(C)CC5)cc(=O)n4c3)cc(F)c2n1.Cc1cn2cc(-c3ccc4nc(C5CCNCC5)cc(=O)n4c3)cc(F)c2n1. The van der Waals surface area contributed by atoms with Gasteiger partial charge in [-0.15, -0.1) is 0 Å². The zero-order valence-electron chi connectivity index (χ0n) is 64.5. The molecule has 582 valence electrons. The van der Waals surface area contributed by atoms with Crippen LogP contribution >= 0.6 is 0 Å². The molecule has 1 saturated carbocycles. The number of hydrogen-bond donors (Lipinski definition) is 2. The van der Waals surface area contributed by atoms with E-state index in [1.165, 1.54) is 57.0 Å². The Morgan fingerprint density at radius 3 is 1.31 bits per heavy atom. The summed E-state index contributed by atoms with van der Waals surface area (Å²) in [6, 6.07) is 33.0. The van der Waals surface area contributed by atoms with Crippen molar-refractivity contribution in [3.63, 3.8) is 0 Å². The minimum atomic E-state index is -0.437. The van der Waals surface area contributed by atoms with E-state index in [1.807, 2.05) is 88.0 Å². The van der Waals surface area contributed by atoms with Gasteiger partial charge in [0, 0.05) is 195 Å². The van der Waals surface area contributed by atoms with Crippen LogP contribution in [0.25, 0.3) is 95.3 Å². The molecule has 0 unspecified atom stereocenters. The number of piperazine rings is 1. The van der Waals surface area contributed by atoms with Crippen LogP contribution in [0.3, 0.4) is 0 Å². The van der Waals surface area contributed by atoms with Gasteiger partial charge in [-0.05, 0) is 201 Å². The highest BCUT2D eigenvalue weighted by molar-refractivity contribution is 5.71. The van der Waals surface area contributed by atoms with E-state index in [4.69, 9.17) is 9.97 Å². The molecule has 0 aromatic carbocycles. The molecule has 1 aliphatic carbocycles. The first-order valence-corrected chi connectivity index (χ1v) is 39.2. The molecule has 0 amide bonds. The van der Waals surface area contributed by atoms with Gasteiger partial charge >= 0.3 is 0 Å². The lowest BCUT2D eigenvalue weighted by Gasteiger charge is -2.36. The number of halogens is 3. The maximum absolute atomic E-state index is 14.5. The monoisotopic (exact) mass is 1540 g/mol. The normalized spacial score (nSPS) is 16.0. The summed E-state index contributed by atoms with van der Waals surface area (Å²) in [4.78, 5) is 89.6. The van der Waals surface area contributed by atoms with Gasteiger partial charge < -0.3 is 38.0 Å². The van der Waals surface area contributed by atoms with Gasteiger partial charge in [0.05, 0.1) is 45.5 Å². The highest BCUT2D eigenvalue weighted by Crippen LogP contribution is 2.33. The van der Waals surface area contributed by atoms with Gasteiger partial charge in [0.1, 0.15) is 22.6 Å². The van der Waals surface area contributed by atoms with Crippen LogP contribution in [0.1, 0.15) is 96.5 Å². The molecule has 21 rings (SSSR count). The van der Waals surface area contributed by atoms with Crippen molar-refractivity contribution >= 4 is 56.3 Å². The fourth-order valence-electron chi connectivity index (χ4n) is 16.3. The van der Waals surface area contributed by atoms with Gasteiger partial charge in [-0.25, -0.2) is 48.1 Å². The summed E-state index contributed by atoms with van der Waals surface area (Å²) in [6.07, 6.45) is 31.8. The number of nitrogens with zero attached hydrogens (tertiary/aromatic N) is 18. The minimum Gasteiger partial charge on any atom is -0.368 e. The first kappa shape index (κ1) is 73.9. The highest BCUT2D eigenvalue weighted by atomic mass is 19.1. The van der Waals surface area contributed by atoms with Crippen molar-refractivity contribution in [3.8, 4) is 44.6 Å². The summed E-state index contributed by atoms with van der Waals surface area (Å²) < 4.78 is 56.7. The summed E-state index contributed by atoms with van der Waals surface area (Å²) in [5.74, 6) is -0.529. The number of rotatable bonds is 9. The molecule has 5 aliphatic rings. The summed E-state index contributed by atoms with van der Waals surface area (Å²) in [5.41, 5.74) is 18.1. The molecule has 20 heterocycles. The molecule has 0 atom stereocenters. The number of piperidine rings is 2. The van der Waals surface area contributed by atoms with E-state index < -0.39 is 17.5 Å². The van der Waals surface area contributed by atoms with E-state index in [2.05, 4.69) is 105 Å². The second kappa shape index (κ2) is 30.7.